The van der Waals surface area contributed by atoms with Crippen LogP contribution in [0.25, 0.3) is 0 Å². The average Bonchev–Trinajstić information content (AvgIpc) is 3.18. The second kappa shape index (κ2) is 37.5. The van der Waals surface area contributed by atoms with Crippen molar-refractivity contribution in [3.8, 4) is 0 Å². The monoisotopic (exact) mass is 786 g/mol. The Morgan fingerprint density at radius 2 is 0.909 bits per heavy atom. The van der Waals surface area contributed by atoms with Crippen molar-refractivity contribution < 1.29 is 39.8 Å². The van der Waals surface area contributed by atoms with Crippen molar-refractivity contribution in [1.82, 2.24) is 5.32 Å². The first-order valence-corrected chi connectivity index (χ1v) is 23.7. The Balaban J connectivity index is 2.26. The van der Waals surface area contributed by atoms with E-state index in [1.54, 1.807) is 0 Å². The number of unbranched alkanes of at least 4 members (excludes halogenated alkanes) is 30. The molecule has 1 heterocycles. The zero-order valence-corrected chi connectivity index (χ0v) is 36.0. The highest BCUT2D eigenvalue weighted by molar-refractivity contribution is 5.76. The van der Waals surface area contributed by atoms with Crippen molar-refractivity contribution in [3.05, 3.63) is 0 Å². The molecular weight excluding hydrogens is 695 g/mol. The Morgan fingerprint density at radius 3 is 1.29 bits per heavy atom. The Labute approximate surface area is 338 Å². The fourth-order valence-electron chi connectivity index (χ4n) is 7.87. The molecule has 0 aliphatic carbocycles. The quantitative estimate of drug-likeness (QED) is 0.0337. The third-order valence-electron chi connectivity index (χ3n) is 11.7. The summed E-state index contributed by atoms with van der Waals surface area (Å²) in [6.07, 6.45) is 34.0. The molecule has 6 N–H and O–H groups in total. The van der Waals surface area contributed by atoms with Crippen LogP contribution in [0.3, 0.4) is 0 Å². The largest absolute Gasteiger partial charge is 0.394 e. The van der Waals surface area contributed by atoms with Gasteiger partial charge in [-0.05, 0) is 12.8 Å². The van der Waals surface area contributed by atoms with E-state index in [0.717, 1.165) is 38.5 Å². The van der Waals surface area contributed by atoms with Crippen LogP contribution in [0.15, 0.2) is 0 Å². The van der Waals surface area contributed by atoms with Crippen LogP contribution in [0.5, 0.6) is 0 Å². The number of nitrogens with one attached hydrogen (secondary N) is 1. The number of amides is 1. The fourth-order valence-corrected chi connectivity index (χ4v) is 7.87. The molecule has 1 fully saturated rings. The van der Waals surface area contributed by atoms with Crippen LogP contribution in [-0.4, -0.2) is 87.5 Å². The molecule has 55 heavy (non-hydrogen) atoms. The third-order valence-corrected chi connectivity index (χ3v) is 11.7. The molecule has 9 nitrogen and oxygen atoms in total. The van der Waals surface area contributed by atoms with Gasteiger partial charge in [0.15, 0.2) is 6.29 Å². The van der Waals surface area contributed by atoms with Crippen LogP contribution < -0.4 is 5.32 Å². The molecule has 0 aromatic carbocycles. The number of carbonyl (C=O) groups excluding carboxylic acids is 1. The van der Waals surface area contributed by atoms with Gasteiger partial charge in [0, 0.05) is 6.42 Å². The molecule has 0 saturated carbocycles. The molecule has 328 valence electrons. The SMILES string of the molecule is CCCCCCCCCCCCCCCCCCCCCCC(=O)N[C@@H](CO[C@@H]1O[C@H](CO)[C@@H](O)C(O)C1O)[C@H](O)CCCCCCCCCCCCCC. The Bertz CT molecular complexity index is 832. The lowest BCUT2D eigenvalue weighted by molar-refractivity contribution is -0.302. The number of rotatable bonds is 40. The van der Waals surface area contributed by atoms with Crippen molar-refractivity contribution in [2.45, 2.75) is 275 Å². The van der Waals surface area contributed by atoms with Crippen LogP contribution in [0, 0.1) is 0 Å². The van der Waals surface area contributed by atoms with Crippen LogP contribution >= 0.6 is 0 Å². The number of hydrogen-bond donors (Lipinski definition) is 6. The third kappa shape index (κ3) is 28.3. The van der Waals surface area contributed by atoms with E-state index in [-0.39, 0.29) is 12.5 Å². The van der Waals surface area contributed by atoms with Gasteiger partial charge in [-0.1, -0.05) is 213 Å². The molecule has 1 aliphatic rings. The van der Waals surface area contributed by atoms with E-state index in [1.807, 2.05) is 0 Å². The van der Waals surface area contributed by atoms with Gasteiger partial charge in [-0.25, -0.2) is 0 Å². The maximum Gasteiger partial charge on any atom is 0.220 e. The number of aliphatic hydroxyl groups is 5. The first-order valence-electron chi connectivity index (χ1n) is 23.7. The minimum absolute atomic E-state index is 0.132. The maximum absolute atomic E-state index is 13.0. The lowest BCUT2D eigenvalue weighted by atomic mass is 9.99. The van der Waals surface area contributed by atoms with Crippen molar-refractivity contribution in [1.29, 1.82) is 0 Å². The summed E-state index contributed by atoms with van der Waals surface area (Å²) in [5, 5.41) is 54.3. The lowest BCUT2D eigenvalue weighted by Crippen LogP contribution is -2.60. The number of carbonyl (C=O) groups is 1. The lowest BCUT2D eigenvalue weighted by Gasteiger charge is -2.40. The van der Waals surface area contributed by atoms with Crippen LogP contribution in [0.2, 0.25) is 0 Å². The molecule has 1 amide bonds. The van der Waals surface area contributed by atoms with Gasteiger partial charge < -0.3 is 40.3 Å². The van der Waals surface area contributed by atoms with Crippen molar-refractivity contribution >= 4 is 5.91 Å². The maximum atomic E-state index is 13.0. The van der Waals surface area contributed by atoms with Crippen molar-refractivity contribution in [3.63, 3.8) is 0 Å². The van der Waals surface area contributed by atoms with Crippen LogP contribution in [0.4, 0.5) is 0 Å². The molecule has 0 bridgehead atoms. The standard InChI is InChI=1S/C46H91NO8/c1-3-5-7-9-11-13-15-17-18-19-20-21-22-23-24-26-28-30-32-34-36-42(50)47-39(38-54-46-45(53)44(52)43(51)41(37-48)55-46)40(49)35-33-31-29-27-25-16-14-12-10-8-6-4-2/h39-41,43-46,48-49,51-53H,3-38H2,1-2H3,(H,47,50)/t39-,40+,41+,43+,44?,45?,46+/m0/s1. The molecule has 1 saturated heterocycles. The molecule has 1 rings (SSSR count). The van der Waals surface area contributed by atoms with Gasteiger partial charge in [0.2, 0.25) is 5.91 Å². The highest BCUT2D eigenvalue weighted by Gasteiger charge is 2.44. The fraction of sp³-hybridized carbons (Fsp3) is 0.978. The number of aliphatic hydroxyl groups excluding tert-OH is 5. The highest BCUT2D eigenvalue weighted by Crippen LogP contribution is 2.23. The molecule has 0 aromatic heterocycles. The predicted molar refractivity (Wildman–Crippen MR) is 226 cm³/mol. The van der Waals surface area contributed by atoms with E-state index in [1.165, 1.54) is 167 Å². The van der Waals surface area contributed by atoms with E-state index in [9.17, 15) is 30.3 Å². The summed E-state index contributed by atoms with van der Waals surface area (Å²) in [6, 6.07) is -0.710. The van der Waals surface area contributed by atoms with Gasteiger partial charge in [0.1, 0.15) is 24.4 Å². The second-order valence-electron chi connectivity index (χ2n) is 16.9. The van der Waals surface area contributed by atoms with Gasteiger partial charge in [-0.2, -0.15) is 0 Å². The molecule has 7 atom stereocenters. The zero-order chi connectivity index (χ0) is 40.2. The van der Waals surface area contributed by atoms with E-state index < -0.39 is 49.5 Å². The first kappa shape index (κ1) is 52.2. The summed E-state index contributed by atoms with van der Waals surface area (Å²) >= 11 is 0. The molecule has 0 radical (unpaired) electrons. The van der Waals surface area contributed by atoms with E-state index in [0.29, 0.717) is 12.8 Å². The summed E-state index contributed by atoms with van der Waals surface area (Å²) in [4.78, 5) is 13.0. The van der Waals surface area contributed by atoms with E-state index in [4.69, 9.17) is 9.47 Å². The first-order chi connectivity index (χ1) is 26.8. The topological polar surface area (TPSA) is 149 Å². The van der Waals surface area contributed by atoms with Crippen LogP contribution in [0.1, 0.15) is 232 Å². The summed E-state index contributed by atoms with van der Waals surface area (Å²) in [7, 11) is 0. The zero-order valence-electron chi connectivity index (χ0n) is 36.0. The minimum atomic E-state index is -1.55. The van der Waals surface area contributed by atoms with Crippen molar-refractivity contribution in [2.24, 2.45) is 0 Å². The molecule has 9 heteroatoms. The van der Waals surface area contributed by atoms with Crippen LogP contribution in [-0.2, 0) is 14.3 Å². The average molecular weight is 786 g/mol. The summed E-state index contributed by atoms with van der Waals surface area (Å²) in [6.45, 7) is 3.85. The Morgan fingerprint density at radius 1 is 0.545 bits per heavy atom. The minimum Gasteiger partial charge on any atom is -0.394 e. The number of ether oxygens (including phenoxy) is 2. The molecule has 2 unspecified atom stereocenters. The summed E-state index contributed by atoms with van der Waals surface area (Å²) < 4.78 is 11.3. The molecular formula is C46H91NO8. The summed E-state index contributed by atoms with van der Waals surface area (Å²) in [5.41, 5.74) is 0. The van der Waals surface area contributed by atoms with Gasteiger partial charge in [0.05, 0.1) is 25.4 Å². The normalized spacial score (nSPS) is 21.2. The number of hydrogen-bond acceptors (Lipinski definition) is 8. The van der Waals surface area contributed by atoms with E-state index in [2.05, 4.69) is 19.2 Å². The van der Waals surface area contributed by atoms with Gasteiger partial charge >= 0.3 is 0 Å². The molecule has 0 spiro atoms. The Kier molecular flexibility index (Phi) is 35.6. The highest BCUT2D eigenvalue weighted by atomic mass is 16.7. The molecule has 1 aliphatic heterocycles. The van der Waals surface area contributed by atoms with Gasteiger partial charge in [-0.15, -0.1) is 0 Å². The Hall–Kier alpha value is -0.810. The van der Waals surface area contributed by atoms with E-state index >= 15 is 0 Å². The second-order valence-corrected chi connectivity index (χ2v) is 16.9. The predicted octanol–water partition coefficient (Wildman–Crippen LogP) is 9.95. The van der Waals surface area contributed by atoms with Crippen molar-refractivity contribution in [2.75, 3.05) is 13.2 Å². The smallest absolute Gasteiger partial charge is 0.220 e. The summed E-state index contributed by atoms with van der Waals surface area (Å²) in [5.74, 6) is -0.140. The van der Waals surface area contributed by atoms with Gasteiger partial charge in [0.25, 0.3) is 0 Å². The van der Waals surface area contributed by atoms with Gasteiger partial charge in [-0.3, -0.25) is 4.79 Å². The molecule has 0 aromatic rings.